The number of thiophene rings is 1. The summed E-state index contributed by atoms with van der Waals surface area (Å²) in [5, 5.41) is 2.02. The van der Waals surface area contributed by atoms with Crippen LogP contribution >= 0.6 is 11.3 Å². The second-order valence-corrected chi connectivity index (χ2v) is 9.63. The van der Waals surface area contributed by atoms with Crippen molar-refractivity contribution in [3.05, 3.63) is 52.2 Å². The van der Waals surface area contributed by atoms with E-state index in [1.807, 2.05) is 16.3 Å². The van der Waals surface area contributed by atoms with E-state index in [0.717, 1.165) is 12.8 Å². The summed E-state index contributed by atoms with van der Waals surface area (Å²) in [6.45, 7) is 2.17. The Hall–Kier alpha value is -1.74. The molecule has 2 aromatic rings. The van der Waals surface area contributed by atoms with Gasteiger partial charge in [-0.1, -0.05) is 12.1 Å². The Morgan fingerprint density at radius 1 is 1.11 bits per heavy atom. The quantitative estimate of drug-likeness (QED) is 0.783. The fraction of sp³-hybridized carbons (Fsp3) is 0.421. The third kappa shape index (κ3) is 3.67. The number of morpholine rings is 1. The van der Waals surface area contributed by atoms with Crippen LogP contribution in [-0.2, 0) is 14.8 Å². The number of hydrogen-bond acceptors (Lipinski definition) is 5. The second kappa shape index (κ2) is 7.71. The summed E-state index contributed by atoms with van der Waals surface area (Å²) >= 11 is 1.65. The molecule has 8 heteroatoms. The SMILES string of the molecule is O=C(c1cccc(S(=O)(=O)N2CCOCC2)c1)N1CCC[C@H]1c1cccs1. The summed E-state index contributed by atoms with van der Waals surface area (Å²) in [6.07, 6.45) is 1.90. The summed E-state index contributed by atoms with van der Waals surface area (Å²) in [5.74, 6) is -0.107. The zero-order chi connectivity index (χ0) is 18.9. The standard InChI is InChI=1S/C19H22N2O4S2/c22-19(21-8-2-6-17(21)18-7-3-13-26-18)15-4-1-5-16(14-15)27(23,24)20-9-11-25-12-10-20/h1,3-5,7,13-14,17H,2,6,8-12H2/t17-/m0/s1. The molecule has 2 fully saturated rings. The average molecular weight is 407 g/mol. The molecule has 0 unspecified atom stereocenters. The monoisotopic (exact) mass is 406 g/mol. The van der Waals surface area contributed by atoms with E-state index in [1.54, 1.807) is 29.5 Å². The van der Waals surface area contributed by atoms with E-state index >= 15 is 0 Å². The summed E-state index contributed by atoms with van der Waals surface area (Å²) in [7, 11) is -3.61. The van der Waals surface area contributed by atoms with Crippen molar-refractivity contribution in [2.45, 2.75) is 23.8 Å². The number of sulfonamides is 1. The molecular formula is C19H22N2O4S2. The van der Waals surface area contributed by atoms with Crippen molar-refractivity contribution in [1.82, 2.24) is 9.21 Å². The van der Waals surface area contributed by atoms with Gasteiger partial charge >= 0.3 is 0 Å². The van der Waals surface area contributed by atoms with Crippen LogP contribution in [0.2, 0.25) is 0 Å². The number of nitrogens with zero attached hydrogens (tertiary/aromatic N) is 2. The Bertz CT molecular complexity index is 906. The second-order valence-electron chi connectivity index (χ2n) is 6.72. The number of carbonyl (C=O) groups is 1. The molecule has 2 aliphatic heterocycles. The number of rotatable bonds is 4. The van der Waals surface area contributed by atoms with Crippen molar-refractivity contribution in [3.8, 4) is 0 Å². The fourth-order valence-electron chi connectivity index (χ4n) is 3.68. The first-order chi connectivity index (χ1) is 13.1. The predicted molar refractivity (Wildman–Crippen MR) is 103 cm³/mol. The number of carbonyl (C=O) groups excluding carboxylic acids is 1. The third-order valence-corrected chi connectivity index (χ3v) is 7.94. The summed E-state index contributed by atoms with van der Waals surface area (Å²) < 4.78 is 32.4. The third-order valence-electron chi connectivity index (χ3n) is 5.07. The van der Waals surface area contributed by atoms with E-state index in [4.69, 9.17) is 4.74 Å². The molecule has 144 valence electrons. The highest BCUT2D eigenvalue weighted by atomic mass is 32.2. The highest BCUT2D eigenvalue weighted by molar-refractivity contribution is 7.89. The molecule has 0 N–H and O–H groups in total. The predicted octanol–water partition coefficient (Wildman–Crippen LogP) is 2.75. The molecule has 4 rings (SSSR count). The molecule has 6 nitrogen and oxygen atoms in total. The van der Waals surface area contributed by atoms with Crippen LogP contribution in [0.3, 0.4) is 0 Å². The zero-order valence-corrected chi connectivity index (χ0v) is 16.5. The molecule has 2 saturated heterocycles. The van der Waals surface area contributed by atoms with Crippen LogP contribution in [0.15, 0.2) is 46.7 Å². The first-order valence-electron chi connectivity index (χ1n) is 9.10. The van der Waals surface area contributed by atoms with E-state index in [0.29, 0.717) is 38.4 Å². The smallest absolute Gasteiger partial charge is 0.254 e. The van der Waals surface area contributed by atoms with Gasteiger partial charge < -0.3 is 9.64 Å². The van der Waals surface area contributed by atoms with Crippen molar-refractivity contribution < 1.29 is 17.9 Å². The van der Waals surface area contributed by atoms with Crippen LogP contribution in [0.25, 0.3) is 0 Å². The Labute approximate surface area is 163 Å². The number of ether oxygens (including phenoxy) is 1. The molecule has 0 radical (unpaired) electrons. The topological polar surface area (TPSA) is 66.9 Å². The lowest BCUT2D eigenvalue weighted by molar-refractivity contribution is 0.0728. The normalized spacial score (nSPS) is 21.5. The van der Waals surface area contributed by atoms with Gasteiger partial charge in [-0.25, -0.2) is 8.42 Å². The molecule has 0 spiro atoms. The van der Waals surface area contributed by atoms with E-state index in [1.165, 1.54) is 15.2 Å². The largest absolute Gasteiger partial charge is 0.379 e. The highest BCUT2D eigenvalue weighted by Gasteiger charge is 2.32. The van der Waals surface area contributed by atoms with Crippen molar-refractivity contribution in [3.63, 3.8) is 0 Å². The fourth-order valence-corrected chi connectivity index (χ4v) is 6.01. The Balaban J connectivity index is 1.59. The van der Waals surface area contributed by atoms with Crippen LogP contribution in [0.1, 0.15) is 34.1 Å². The van der Waals surface area contributed by atoms with Crippen molar-refractivity contribution in [2.24, 2.45) is 0 Å². The molecule has 2 aliphatic rings. The minimum atomic E-state index is -3.61. The lowest BCUT2D eigenvalue weighted by Gasteiger charge is -2.27. The van der Waals surface area contributed by atoms with Crippen LogP contribution in [0.4, 0.5) is 0 Å². The van der Waals surface area contributed by atoms with Gasteiger partial charge in [0.05, 0.1) is 24.2 Å². The minimum Gasteiger partial charge on any atom is -0.379 e. The van der Waals surface area contributed by atoms with Gasteiger partial charge in [0.15, 0.2) is 0 Å². The van der Waals surface area contributed by atoms with E-state index < -0.39 is 10.0 Å². The average Bonchev–Trinajstić information content (AvgIpc) is 3.39. The minimum absolute atomic E-state index is 0.0806. The lowest BCUT2D eigenvalue weighted by Crippen LogP contribution is -2.40. The number of benzene rings is 1. The molecule has 0 bridgehead atoms. The zero-order valence-electron chi connectivity index (χ0n) is 14.9. The first-order valence-corrected chi connectivity index (χ1v) is 11.4. The van der Waals surface area contributed by atoms with Gasteiger partial charge in [-0.15, -0.1) is 11.3 Å². The summed E-state index contributed by atoms with van der Waals surface area (Å²) in [5.41, 5.74) is 0.424. The van der Waals surface area contributed by atoms with Gasteiger partial charge in [0, 0.05) is 30.1 Å². The van der Waals surface area contributed by atoms with Gasteiger partial charge in [0.25, 0.3) is 5.91 Å². The molecule has 0 aliphatic carbocycles. The van der Waals surface area contributed by atoms with Crippen molar-refractivity contribution in [2.75, 3.05) is 32.8 Å². The molecule has 0 saturated carbocycles. The first kappa shape index (κ1) is 18.6. The molecule has 1 amide bonds. The van der Waals surface area contributed by atoms with Crippen LogP contribution < -0.4 is 0 Å². The number of likely N-dealkylation sites (tertiary alicyclic amines) is 1. The molecule has 3 heterocycles. The Morgan fingerprint density at radius 3 is 2.67 bits per heavy atom. The molecular weight excluding hydrogens is 384 g/mol. The molecule has 1 atom stereocenters. The number of hydrogen-bond donors (Lipinski definition) is 0. The van der Waals surface area contributed by atoms with Gasteiger partial charge in [-0.05, 0) is 42.5 Å². The van der Waals surface area contributed by atoms with Gasteiger partial charge in [0.1, 0.15) is 0 Å². The van der Waals surface area contributed by atoms with Crippen LogP contribution in [-0.4, -0.2) is 56.4 Å². The van der Waals surface area contributed by atoms with E-state index in [2.05, 4.69) is 6.07 Å². The number of amides is 1. The summed E-state index contributed by atoms with van der Waals surface area (Å²) in [4.78, 5) is 16.3. The van der Waals surface area contributed by atoms with Gasteiger partial charge in [0.2, 0.25) is 10.0 Å². The van der Waals surface area contributed by atoms with E-state index in [-0.39, 0.29) is 16.8 Å². The maximum Gasteiger partial charge on any atom is 0.254 e. The maximum atomic E-state index is 13.1. The lowest BCUT2D eigenvalue weighted by atomic mass is 10.1. The van der Waals surface area contributed by atoms with Crippen molar-refractivity contribution >= 4 is 27.3 Å². The Kier molecular flexibility index (Phi) is 5.32. The van der Waals surface area contributed by atoms with Crippen LogP contribution in [0, 0.1) is 0 Å². The van der Waals surface area contributed by atoms with Gasteiger partial charge in [-0.3, -0.25) is 4.79 Å². The van der Waals surface area contributed by atoms with Crippen molar-refractivity contribution in [1.29, 1.82) is 0 Å². The van der Waals surface area contributed by atoms with E-state index in [9.17, 15) is 13.2 Å². The molecule has 27 heavy (non-hydrogen) atoms. The Morgan fingerprint density at radius 2 is 1.93 bits per heavy atom. The molecule has 1 aromatic heterocycles. The molecule has 1 aromatic carbocycles. The summed E-state index contributed by atoms with van der Waals surface area (Å²) in [6, 6.07) is 10.6. The van der Waals surface area contributed by atoms with Gasteiger partial charge in [-0.2, -0.15) is 4.31 Å². The maximum absolute atomic E-state index is 13.1. The highest BCUT2D eigenvalue weighted by Crippen LogP contribution is 2.35. The van der Waals surface area contributed by atoms with Crippen LogP contribution in [0.5, 0.6) is 0 Å².